The lowest BCUT2D eigenvalue weighted by Crippen LogP contribution is -2.35. The molecule has 1 aliphatic rings. The van der Waals surface area contributed by atoms with Crippen molar-refractivity contribution in [2.75, 3.05) is 23.0 Å². The molecule has 0 bridgehead atoms. The van der Waals surface area contributed by atoms with Crippen molar-refractivity contribution in [3.05, 3.63) is 53.8 Å². The average Bonchev–Trinajstić information content (AvgIpc) is 2.63. The molecule has 1 fully saturated rings. The lowest BCUT2D eigenvalue weighted by atomic mass is 10.1. The summed E-state index contributed by atoms with van der Waals surface area (Å²) in [6.45, 7) is 0.647. The van der Waals surface area contributed by atoms with Gasteiger partial charge in [0, 0.05) is 30.5 Å². The maximum atomic E-state index is 13.9. The van der Waals surface area contributed by atoms with E-state index in [2.05, 4.69) is 5.32 Å². The molecule has 2 aromatic rings. The van der Waals surface area contributed by atoms with Gasteiger partial charge in [-0.15, -0.1) is 0 Å². The molecule has 0 aliphatic carbocycles. The summed E-state index contributed by atoms with van der Waals surface area (Å²) >= 11 is 0. The molecule has 27 heavy (non-hydrogen) atoms. The standard InChI is InChI=1S/C19H19FN2O4S/c1-27(25,26)15-9-10-16(20)17(12-15)21-19(24)13-5-7-14(8-6-13)22-11-3-2-4-18(22)23/h5-10,12H,2-4,11H2,1H3,(H,21,24). The molecule has 6 nitrogen and oxygen atoms in total. The first-order chi connectivity index (χ1) is 12.8. The number of nitrogens with zero attached hydrogens (tertiary/aromatic N) is 1. The molecule has 1 aliphatic heterocycles. The van der Waals surface area contributed by atoms with Crippen LogP contribution in [0.5, 0.6) is 0 Å². The first-order valence-electron chi connectivity index (χ1n) is 8.47. The molecule has 0 atom stereocenters. The quantitative estimate of drug-likeness (QED) is 0.814. The van der Waals surface area contributed by atoms with Crippen LogP contribution in [0.3, 0.4) is 0 Å². The minimum absolute atomic E-state index is 0.0538. The van der Waals surface area contributed by atoms with E-state index in [1.165, 1.54) is 0 Å². The summed E-state index contributed by atoms with van der Waals surface area (Å²) in [7, 11) is -3.52. The highest BCUT2D eigenvalue weighted by atomic mass is 32.2. The molecule has 2 amide bonds. The summed E-state index contributed by atoms with van der Waals surface area (Å²) in [5.41, 5.74) is 0.770. The molecule has 8 heteroatoms. The fraction of sp³-hybridized carbons (Fsp3) is 0.263. The van der Waals surface area contributed by atoms with Gasteiger partial charge in [0.1, 0.15) is 5.82 Å². The molecule has 0 aromatic heterocycles. The van der Waals surface area contributed by atoms with Crippen molar-refractivity contribution >= 4 is 33.0 Å². The zero-order valence-electron chi connectivity index (χ0n) is 14.7. The predicted molar refractivity (Wildman–Crippen MR) is 100 cm³/mol. The van der Waals surface area contributed by atoms with Crippen molar-refractivity contribution in [1.82, 2.24) is 0 Å². The van der Waals surface area contributed by atoms with Gasteiger partial charge in [-0.1, -0.05) is 0 Å². The van der Waals surface area contributed by atoms with Crippen LogP contribution in [0.25, 0.3) is 0 Å². The molecule has 0 radical (unpaired) electrons. The largest absolute Gasteiger partial charge is 0.319 e. The monoisotopic (exact) mass is 390 g/mol. The number of sulfone groups is 1. The first-order valence-corrected chi connectivity index (χ1v) is 10.4. The second kappa shape index (κ2) is 7.48. The Morgan fingerprint density at radius 3 is 2.44 bits per heavy atom. The van der Waals surface area contributed by atoms with E-state index in [4.69, 9.17) is 0 Å². The van der Waals surface area contributed by atoms with Crippen molar-refractivity contribution in [2.24, 2.45) is 0 Å². The molecule has 1 saturated heterocycles. The van der Waals surface area contributed by atoms with Gasteiger partial charge in [-0.25, -0.2) is 12.8 Å². The Labute approximate surface area is 156 Å². The molecule has 142 valence electrons. The number of rotatable bonds is 4. The van der Waals surface area contributed by atoms with Gasteiger partial charge in [-0.05, 0) is 55.3 Å². The fourth-order valence-electron chi connectivity index (χ4n) is 2.90. The number of piperidine rings is 1. The minimum Gasteiger partial charge on any atom is -0.319 e. The third-order valence-corrected chi connectivity index (χ3v) is 5.49. The van der Waals surface area contributed by atoms with Crippen LogP contribution in [0.1, 0.15) is 29.6 Å². The summed E-state index contributed by atoms with van der Waals surface area (Å²) in [5.74, 6) is -1.25. The minimum atomic E-state index is -3.52. The van der Waals surface area contributed by atoms with Crippen molar-refractivity contribution < 1.29 is 22.4 Å². The second-order valence-electron chi connectivity index (χ2n) is 6.42. The highest BCUT2D eigenvalue weighted by Gasteiger charge is 2.20. The van der Waals surface area contributed by atoms with Crippen molar-refractivity contribution in [2.45, 2.75) is 24.2 Å². The van der Waals surface area contributed by atoms with Crippen LogP contribution in [0.2, 0.25) is 0 Å². The highest BCUT2D eigenvalue weighted by Crippen LogP contribution is 2.23. The van der Waals surface area contributed by atoms with E-state index in [1.54, 1.807) is 29.2 Å². The molecule has 3 rings (SSSR count). The zero-order valence-corrected chi connectivity index (χ0v) is 15.6. The molecular weight excluding hydrogens is 371 g/mol. The Kier molecular flexibility index (Phi) is 5.27. The number of amides is 2. The van der Waals surface area contributed by atoms with Crippen molar-refractivity contribution in [1.29, 1.82) is 0 Å². The Hall–Kier alpha value is -2.74. The maximum Gasteiger partial charge on any atom is 0.255 e. The van der Waals surface area contributed by atoms with E-state index in [1.807, 2.05) is 0 Å². The molecular formula is C19H19FN2O4S. The highest BCUT2D eigenvalue weighted by molar-refractivity contribution is 7.90. The lowest BCUT2D eigenvalue weighted by Gasteiger charge is -2.26. The summed E-state index contributed by atoms with van der Waals surface area (Å²) in [6, 6.07) is 9.66. The lowest BCUT2D eigenvalue weighted by molar-refractivity contribution is -0.119. The number of carbonyl (C=O) groups is 2. The van der Waals surface area contributed by atoms with Crippen molar-refractivity contribution in [3.63, 3.8) is 0 Å². The summed E-state index contributed by atoms with van der Waals surface area (Å²) in [6.07, 6.45) is 3.34. The van der Waals surface area contributed by atoms with E-state index in [9.17, 15) is 22.4 Å². The fourth-order valence-corrected chi connectivity index (χ4v) is 3.54. The van der Waals surface area contributed by atoms with Gasteiger partial charge in [0.2, 0.25) is 5.91 Å². The molecule has 1 N–H and O–H groups in total. The van der Waals surface area contributed by atoms with Gasteiger partial charge < -0.3 is 10.2 Å². The summed E-state index contributed by atoms with van der Waals surface area (Å²) < 4.78 is 37.1. The molecule has 2 aromatic carbocycles. The Balaban J connectivity index is 1.78. The smallest absolute Gasteiger partial charge is 0.255 e. The number of hydrogen-bond donors (Lipinski definition) is 1. The Bertz CT molecular complexity index is 987. The maximum absolute atomic E-state index is 13.9. The van der Waals surface area contributed by atoms with Crippen LogP contribution in [-0.2, 0) is 14.6 Å². The Morgan fingerprint density at radius 1 is 1.11 bits per heavy atom. The number of nitrogens with one attached hydrogen (secondary N) is 1. The predicted octanol–water partition coefficient (Wildman–Crippen LogP) is 3.00. The van der Waals surface area contributed by atoms with Gasteiger partial charge in [-0.2, -0.15) is 0 Å². The number of halogens is 1. The molecule has 1 heterocycles. The van der Waals surface area contributed by atoms with Crippen LogP contribution < -0.4 is 10.2 Å². The van der Waals surface area contributed by atoms with Crippen LogP contribution in [-0.4, -0.2) is 33.0 Å². The van der Waals surface area contributed by atoms with Crippen LogP contribution in [0, 0.1) is 5.82 Å². The number of anilines is 2. The van der Waals surface area contributed by atoms with Gasteiger partial charge in [0.05, 0.1) is 10.6 Å². The van der Waals surface area contributed by atoms with E-state index in [0.29, 0.717) is 18.7 Å². The SMILES string of the molecule is CS(=O)(=O)c1ccc(F)c(NC(=O)c2ccc(N3CCCCC3=O)cc2)c1. The van der Waals surface area contributed by atoms with Crippen LogP contribution in [0.4, 0.5) is 15.8 Å². The second-order valence-corrected chi connectivity index (χ2v) is 8.43. The number of carbonyl (C=O) groups excluding carboxylic acids is 2. The average molecular weight is 390 g/mol. The third kappa shape index (κ3) is 4.33. The van der Waals surface area contributed by atoms with Gasteiger partial charge in [-0.3, -0.25) is 9.59 Å². The van der Waals surface area contributed by atoms with E-state index in [-0.39, 0.29) is 22.1 Å². The number of benzene rings is 2. The van der Waals surface area contributed by atoms with E-state index in [0.717, 1.165) is 37.3 Å². The molecule has 0 spiro atoms. The molecule has 0 unspecified atom stereocenters. The van der Waals surface area contributed by atoms with Gasteiger partial charge >= 0.3 is 0 Å². The normalized spacial score (nSPS) is 14.9. The van der Waals surface area contributed by atoms with Crippen molar-refractivity contribution in [3.8, 4) is 0 Å². The van der Waals surface area contributed by atoms with Gasteiger partial charge in [0.15, 0.2) is 9.84 Å². The summed E-state index contributed by atoms with van der Waals surface area (Å²) in [4.78, 5) is 25.9. The van der Waals surface area contributed by atoms with E-state index >= 15 is 0 Å². The summed E-state index contributed by atoms with van der Waals surface area (Å²) in [5, 5.41) is 2.39. The van der Waals surface area contributed by atoms with Crippen LogP contribution >= 0.6 is 0 Å². The topological polar surface area (TPSA) is 83.6 Å². The van der Waals surface area contributed by atoms with Gasteiger partial charge in [0.25, 0.3) is 5.91 Å². The number of hydrogen-bond acceptors (Lipinski definition) is 4. The Morgan fingerprint density at radius 2 is 1.81 bits per heavy atom. The third-order valence-electron chi connectivity index (χ3n) is 4.38. The van der Waals surface area contributed by atoms with E-state index < -0.39 is 21.6 Å². The first kappa shape index (κ1) is 19.0. The molecule has 0 saturated carbocycles. The zero-order chi connectivity index (χ0) is 19.6. The van der Waals surface area contributed by atoms with Crippen LogP contribution in [0.15, 0.2) is 47.4 Å².